The number of amides is 1. The second-order valence-corrected chi connectivity index (χ2v) is 9.80. The van der Waals surface area contributed by atoms with E-state index in [2.05, 4.69) is 63.6 Å². The number of carbonyl (C=O) groups excluding carboxylic acids is 1. The van der Waals surface area contributed by atoms with Gasteiger partial charge in [-0.1, -0.05) is 53.8 Å². The Morgan fingerprint density at radius 1 is 1.00 bits per heavy atom. The molecule has 0 aliphatic carbocycles. The number of benzene rings is 2. The van der Waals surface area contributed by atoms with Gasteiger partial charge in [0.1, 0.15) is 0 Å². The van der Waals surface area contributed by atoms with Gasteiger partial charge in [0.05, 0.1) is 16.1 Å². The third-order valence-corrected chi connectivity index (χ3v) is 7.63. The van der Waals surface area contributed by atoms with E-state index in [1.54, 1.807) is 11.3 Å². The number of hydrogen-bond donors (Lipinski definition) is 1. The molecule has 2 aliphatic rings. The van der Waals surface area contributed by atoms with E-state index in [0.29, 0.717) is 6.04 Å². The molecule has 2 fully saturated rings. The minimum Gasteiger partial charge on any atom is -0.353 e. The first-order valence-electron chi connectivity index (χ1n) is 11.4. The van der Waals surface area contributed by atoms with Crippen LogP contribution in [0, 0.1) is 5.92 Å². The summed E-state index contributed by atoms with van der Waals surface area (Å²) < 4.78 is 1.21. The highest BCUT2D eigenvalue weighted by Crippen LogP contribution is 2.31. The number of aromatic nitrogens is 1. The van der Waals surface area contributed by atoms with Crippen LogP contribution in [0.25, 0.3) is 10.2 Å². The number of anilines is 1. The Morgan fingerprint density at radius 2 is 1.77 bits per heavy atom. The summed E-state index contributed by atoms with van der Waals surface area (Å²) in [6, 6.07) is 19.2. The molecule has 1 amide bonds. The molecule has 0 bridgehead atoms. The van der Waals surface area contributed by atoms with Crippen LogP contribution in [0.5, 0.6) is 0 Å². The Labute approximate surface area is 188 Å². The van der Waals surface area contributed by atoms with E-state index in [1.165, 1.54) is 10.3 Å². The van der Waals surface area contributed by atoms with Crippen LogP contribution in [0.15, 0.2) is 54.6 Å². The van der Waals surface area contributed by atoms with Gasteiger partial charge < -0.3 is 10.2 Å². The molecule has 2 aliphatic heterocycles. The van der Waals surface area contributed by atoms with Crippen molar-refractivity contribution in [2.24, 2.45) is 5.92 Å². The molecule has 2 aromatic carbocycles. The maximum atomic E-state index is 13.0. The largest absolute Gasteiger partial charge is 0.353 e. The van der Waals surface area contributed by atoms with Crippen LogP contribution >= 0.6 is 11.3 Å². The van der Waals surface area contributed by atoms with E-state index < -0.39 is 0 Å². The van der Waals surface area contributed by atoms with Crippen LogP contribution in [0.3, 0.4) is 0 Å². The standard InChI is InChI=1S/C25H30N4OS/c30-24(26-21-12-15-28(16-13-21)17-19-7-2-1-3-8-19)20-9-6-14-29(18-20)25-27-22-10-4-5-11-23(22)31-25/h1-5,7-8,10-11,20-21H,6,9,12-18H2,(H,26,30). The molecular formula is C25H30N4OS. The minimum absolute atomic E-state index is 0.0584. The number of carbonyl (C=O) groups is 1. The molecular weight excluding hydrogens is 404 g/mol. The van der Waals surface area contributed by atoms with Crippen molar-refractivity contribution in [1.82, 2.24) is 15.2 Å². The van der Waals surface area contributed by atoms with Gasteiger partial charge in [-0.05, 0) is 43.4 Å². The maximum absolute atomic E-state index is 13.0. The summed E-state index contributed by atoms with van der Waals surface area (Å²) in [5, 5.41) is 4.41. The zero-order chi connectivity index (χ0) is 21.0. The van der Waals surface area contributed by atoms with E-state index in [0.717, 1.165) is 69.1 Å². The smallest absolute Gasteiger partial charge is 0.225 e. The highest BCUT2D eigenvalue weighted by molar-refractivity contribution is 7.22. The molecule has 1 atom stereocenters. The van der Waals surface area contributed by atoms with Gasteiger partial charge in [-0.2, -0.15) is 0 Å². The van der Waals surface area contributed by atoms with Crippen molar-refractivity contribution in [3.8, 4) is 0 Å². The fraction of sp³-hybridized carbons (Fsp3) is 0.440. The number of thiazole rings is 1. The molecule has 0 radical (unpaired) electrons. The number of fused-ring (bicyclic) bond motifs is 1. The molecule has 3 heterocycles. The zero-order valence-corrected chi connectivity index (χ0v) is 18.7. The molecule has 1 aromatic heterocycles. The van der Waals surface area contributed by atoms with Crippen molar-refractivity contribution < 1.29 is 4.79 Å². The van der Waals surface area contributed by atoms with Gasteiger partial charge in [0.15, 0.2) is 5.13 Å². The average molecular weight is 435 g/mol. The second-order valence-electron chi connectivity index (χ2n) is 8.79. The summed E-state index contributed by atoms with van der Waals surface area (Å²) in [5.74, 6) is 0.287. The number of hydrogen-bond acceptors (Lipinski definition) is 5. The Bertz CT molecular complexity index is 980. The summed E-state index contributed by atoms with van der Waals surface area (Å²) >= 11 is 1.73. The van der Waals surface area contributed by atoms with Gasteiger partial charge in [-0.3, -0.25) is 9.69 Å². The molecule has 1 unspecified atom stereocenters. The molecule has 1 N–H and O–H groups in total. The first kappa shape index (κ1) is 20.5. The van der Waals surface area contributed by atoms with E-state index in [9.17, 15) is 4.79 Å². The highest BCUT2D eigenvalue weighted by Gasteiger charge is 2.29. The normalized spacial score (nSPS) is 20.8. The predicted octanol–water partition coefficient (Wildman–Crippen LogP) is 4.29. The Balaban J connectivity index is 1.13. The highest BCUT2D eigenvalue weighted by atomic mass is 32.1. The number of rotatable bonds is 5. The Kier molecular flexibility index (Phi) is 6.18. The molecule has 5 nitrogen and oxygen atoms in total. The molecule has 5 rings (SSSR count). The number of likely N-dealkylation sites (tertiary alicyclic amines) is 1. The van der Waals surface area contributed by atoms with Gasteiger partial charge in [0.2, 0.25) is 5.91 Å². The van der Waals surface area contributed by atoms with Crippen molar-refractivity contribution in [3.63, 3.8) is 0 Å². The maximum Gasteiger partial charge on any atom is 0.225 e. The van der Waals surface area contributed by atoms with Crippen LogP contribution in [-0.2, 0) is 11.3 Å². The average Bonchev–Trinajstić information content (AvgIpc) is 3.26. The number of para-hydroxylation sites is 1. The molecule has 0 saturated carbocycles. The second kappa shape index (κ2) is 9.37. The molecule has 162 valence electrons. The van der Waals surface area contributed by atoms with Crippen molar-refractivity contribution in [2.75, 3.05) is 31.1 Å². The summed E-state index contributed by atoms with van der Waals surface area (Å²) in [6.07, 6.45) is 4.09. The SMILES string of the molecule is O=C(NC1CCN(Cc2ccccc2)CC1)C1CCCN(c2nc3ccccc3s2)C1. The van der Waals surface area contributed by atoms with Crippen molar-refractivity contribution >= 4 is 32.6 Å². The van der Waals surface area contributed by atoms with E-state index in [1.807, 2.05) is 6.07 Å². The van der Waals surface area contributed by atoms with Crippen LogP contribution in [0.2, 0.25) is 0 Å². The van der Waals surface area contributed by atoms with E-state index >= 15 is 0 Å². The molecule has 3 aromatic rings. The number of piperidine rings is 2. The monoisotopic (exact) mass is 434 g/mol. The van der Waals surface area contributed by atoms with E-state index in [4.69, 9.17) is 4.98 Å². The lowest BCUT2D eigenvalue weighted by molar-refractivity contribution is -0.126. The Morgan fingerprint density at radius 3 is 2.58 bits per heavy atom. The molecule has 2 saturated heterocycles. The predicted molar refractivity (Wildman–Crippen MR) is 127 cm³/mol. The first-order valence-corrected chi connectivity index (χ1v) is 12.2. The fourth-order valence-corrected chi connectivity index (χ4v) is 5.76. The first-order chi connectivity index (χ1) is 15.2. The van der Waals surface area contributed by atoms with Gasteiger partial charge in [0.25, 0.3) is 0 Å². The van der Waals surface area contributed by atoms with Gasteiger partial charge in [-0.25, -0.2) is 4.98 Å². The van der Waals surface area contributed by atoms with Crippen LogP contribution in [0.1, 0.15) is 31.2 Å². The van der Waals surface area contributed by atoms with Gasteiger partial charge >= 0.3 is 0 Å². The molecule has 6 heteroatoms. The number of nitrogens with one attached hydrogen (secondary N) is 1. The third-order valence-electron chi connectivity index (χ3n) is 6.53. The van der Waals surface area contributed by atoms with Crippen molar-refractivity contribution in [2.45, 2.75) is 38.3 Å². The lowest BCUT2D eigenvalue weighted by Crippen LogP contribution is -2.49. The minimum atomic E-state index is 0.0584. The lowest BCUT2D eigenvalue weighted by atomic mass is 9.96. The summed E-state index contributed by atoms with van der Waals surface area (Å²) in [6.45, 7) is 4.85. The van der Waals surface area contributed by atoms with Crippen molar-refractivity contribution in [1.29, 1.82) is 0 Å². The zero-order valence-electron chi connectivity index (χ0n) is 17.9. The van der Waals surface area contributed by atoms with Crippen molar-refractivity contribution in [3.05, 3.63) is 60.2 Å². The Hall–Kier alpha value is -2.44. The molecule has 31 heavy (non-hydrogen) atoms. The topological polar surface area (TPSA) is 48.5 Å². The van der Waals surface area contributed by atoms with Crippen LogP contribution in [-0.4, -0.2) is 48.0 Å². The van der Waals surface area contributed by atoms with Gasteiger partial charge in [-0.15, -0.1) is 0 Å². The van der Waals surface area contributed by atoms with Crippen LogP contribution < -0.4 is 10.2 Å². The summed E-state index contributed by atoms with van der Waals surface area (Å²) in [7, 11) is 0. The quantitative estimate of drug-likeness (QED) is 0.651. The summed E-state index contributed by atoms with van der Waals surface area (Å²) in [5.41, 5.74) is 2.42. The fourth-order valence-electron chi connectivity index (χ4n) is 4.76. The third kappa shape index (κ3) is 4.91. The van der Waals surface area contributed by atoms with Crippen LogP contribution in [0.4, 0.5) is 5.13 Å². The van der Waals surface area contributed by atoms with Gasteiger partial charge in [0, 0.05) is 38.8 Å². The lowest BCUT2D eigenvalue weighted by Gasteiger charge is -2.35. The number of nitrogens with zero attached hydrogens (tertiary/aromatic N) is 3. The molecule has 0 spiro atoms. The van der Waals surface area contributed by atoms with E-state index in [-0.39, 0.29) is 11.8 Å². The summed E-state index contributed by atoms with van der Waals surface area (Å²) in [4.78, 5) is 22.6.